The number of hydrogen-bond acceptors (Lipinski definition) is 2. The second-order valence-electron chi connectivity index (χ2n) is 2.47. The number of rotatable bonds is 2. The van der Waals surface area contributed by atoms with E-state index in [1.807, 2.05) is 25.9 Å². The molecule has 58 valence electrons. The van der Waals surface area contributed by atoms with Crippen LogP contribution in [0.25, 0.3) is 0 Å². The second-order valence-corrected chi connectivity index (χ2v) is 2.47. The lowest BCUT2D eigenvalue weighted by Gasteiger charge is -2.14. The van der Waals surface area contributed by atoms with E-state index in [1.165, 1.54) is 0 Å². The Bertz CT molecular complexity index is 170. The number of hydrogen-bond donors (Lipinski definition) is 1. The van der Waals surface area contributed by atoms with E-state index in [9.17, 15) is 4.79 Å². The summed E-state index contributed by atoms with van der Waals surface area (Å²) in [5.41, 5.74) is 6.58. The Hall–Kier alpha value is -0.990. The summed E-state index contributed by atoms with van der Waals surface area (Å²) >= 11 is 0. The molecule has 0 aromatic heterocycles. The standard InChI is InChI=1S/C7H14N2O/c1-5(7(8)10)6(2)9(3)4/h1-4H3,(H2,8,10)/b6-5-. The number of nitrogens with two attached hydrogens (primary N) is 1. The maximum atomic E-state index is 10.6. The predicted octanol–water partition coefficient (Wildman–Crippen LogP) is 0.327. The fourth-order valence-electron chi connectivity index (χ4n) is 0.514. The maximum absolute atomic E-state index is 10.6. The van der Waals surface area contributed by atoms with Gasteiger partial charge in [0.1, 0.15) is 0 Å². The SMILES string of the molecule is C/C(C(N)=O)=C(\C)N(C)C. The Morgan fingerprint density at radius 3 is 1.80 bits per heavy atom. The molecular weight excluding hydrogens is 128 g/mol. The van der Waals surface area contributed by atoms with E-state index < -0.39 is 0 Å². The van der Waals surface area contributed by atoms with Crippen LogP contribution in [0.2, 0.25) is 0 Å². The molecule has 0 bridgehead atoms. The Labute approximate surface area is 61.5 Å². The minimum atomic E-state index is -0.355. The van der Waals surface area contributed by atoms with Crippen LogP contribution in [0.3, 0.4) is 0 Å². The van der Waals surface area contributed by atoms with Gasteiger partial charge >= 0.3 is 0 Å². The highest BCUT2D eigenvalue weighted by Crippen LogP contribution is 2.03. The van der Waals surface area contributed by atoms with Crippen LogP contribution >= 0.6 is 0 Å². The summed E-state index contributed by atoms with van der Waals surface area (Å²) in [4.78, 5) is 12.4. The summed E-state index contributed by atoms with van der Waals surface area (Å²) in [6, 6.07) is 0. The molecule has 0 rings (SSSR count). The van der Waals surface area contributed by atoms with E-state index in [0.717, 1.165) is 5.70 Å². The van der Waals surface area contributed by atoms with Gasteiger partial charge in [-0.3, -0.25) is 4.79 Å². The highest BCUT2D eigenvalue weighted by molar-refractivity contribution is 5.91. The second kappa shape index (κ2) is 3.25. The summed E-state index contributed by atoms with van der Waals surface area (Å²) in [7, 11) is 3.75. The number of amides is 1. The van der Waals surface area contributed by atoms with Gasteiger partial charge in [-0.05, 0) is 13.8 Å². The third-order valence-electron chi connectivity index (χ3n) is 1.58. The van der Waals surface area contributed by atoms with Gasteiger partial charge in [-0.1, -0.05) is 0 Å². The molecule has 0 aromatic rings. The normalized spacial score (nSPS) is 12.4. The van der Waals surface area contributed by atoms with Crippen molar-refractivity contribution >= 4 is 5.91 Å². The van der Waals surface area contributed by atoms with Gasteiger partial charge < -0.3 is 10.6 Å². The molecular formula is C7H14N2O. The smallest absolute Gasteiger partial charge is 0.246 e. The zero-order chi connectivity index (χ0) is 8.31. The lowest BCUT2D eigenvalue weighted by molar-refractivity contribution is -0.114. The maximum Gasteiger partial charge on any atom is 0.246 e. The zero-order valence-electron chi connectivity index (χ0n) is 6.93. The van der Waals surface area contributed by atoms with Gasteiger partial charge in [-0.15, -0.1) is 0 Å². The summed E-state index contributed by atoms with van der Waals surface area (Å²) in [6.45, 7) is 3.58. The fourth-order valence-corrected chi connectivity index (χ4v) is 0.514. The van der Waals surface area contributed by atoms with Crippen LogP contribution in [0.15, 0.2) is 11.3 Å². The van der Waals surface area contributed by atoms with E-state index in [1.54, 1.807) is 6.92 Å². The molecule has 1 amide bonds. The van der Waals surface area contributed by atoms with Gasteiger partial charge in [0.05, 0.1) is 0 Å². The molecule has 10 heavy (non-hydrogen) atoms. The number of carbonyl (C=O) groups excluding carboxylic acids is 1. The Morgan fingerprint density at radius 1 is 1.30 bits per heavy atom. The van der Waals surface area contributed by atoms with E-state index in [4.69, 9.17) is 5.73 Å². The van der Waals surface area contributed by atoms with Gasteiger partial charge in [-0.2, -0.15) is 0 Å². The average molecular weight is 142 g/mol. The van der Waals surface area contributed by atoms with E-state index in [2.05, 4.69) is 0 Å². The molecule has 2 N–H and O–H groups in total. The Kier molecular flexibility index (Phi) is 2.93. The van der Waals surface area contributed by atoms with E-state index in [-0.39, 0.29) is 5.91 Å². The van der Waals surface area contributed by atoms with E-state index >= 15 is 0 Å². The molecule has 0 heterocycles. The van der Waals surface area contributed by atoms with Gasteiger partial charge in [0, 0.05) is 25.4 Å². The molecule has 0 aliphatic rings. The molecule has 0 atom stereocenters. The van der Waals surface area contributed by atoms with Crippen LogP contribution in [0, 0.1) is 0 Å². The van der Waals surface area contributed by atoms with Gasteiger partial charge in [0.2, 0.25) is 5.91 Å². The number of primary amides is 1. The quantitative estimate of drug-likeness (QED) is 0.565. The Morgan fingerprint density at radius 2 is 1.70 bits per heavy atom. The highest BCUT2D eigenvalue weighted by atomic mass is 16.1. The molecule has 0 spiro atoms. The van der Waals surface area contributed by atoms with Crippen molar-refractivity contribution in [2.45, 2.75) is 13.8 Å². The first-order valence-electron chi connectivity index (χ1n) is 3.11. The minimum Gasteiger partial charge on any atom is -0.381 e. The molecule has 0 aliphatic carbocycles. The summed E-state index contributed by atoms with van der Waals surface area (Å²) in [6.07, 6.45) is 0. The summed E-state index contributed by atoms with van der Waals surface area (Å²) in [5.74, 6) is -0.355. The molecule has 0 unspecified atom stereocenters. The van der Waals surface area contributed by atoms with Gasteiger partial charge in [-0.25, -0.2) is 0 Å². The Balaban J connectivity index is 4.50. The van der Waals surface area contributed by atoms with Crippen molar-refractivity contribution < 1.29 is 4.79 Å². The van der Waals surface area contributed by atoms with Crippen LogP contribution in [-0.4, -0.2) is 24.9 Å². The van der Waals surface area contributed by atoms with Crippen molar-refractivity contribution in [1.82, 2.24) is 4.90 Å². The van der Waals surface area contributed by atoms with Crippen molar-refractivity contribution in [3.63, 3.8) is 0 Å². The van der Waals surface area contributed by atoms with Gasteiger partial charge in [0.25, 0.3) is 0 Å². The zero-order valence-corrected chi connectivity index (χ0v) is 6.93. The van der Waals surface area contributed by atoms with Crippen LogP contribution in [-0.2, 0) is 4.79 Å². The number of carbonyl (C=O) groups is 1. The molecule has 0 saturated heterocycles. The third kappa shape index (κ3) is 2.09. The minimum absolute atomic E-state index is 0.355. The molecule has 3 heteroatoms. The molecule has 0 aliphatic heterocycles. The van der Waals surface area contributed by atoms with Gasteiger partial charge in [0.15, 0.2) is 0 Å². The lowest BCUT2D eigenvalue weighted by atomic mass is 10.2. The molecule has 0 fully saturated rings. The topological polar surface area (TPSA) is 46.3 Å². The highest BCUT2D eigenvalue weighted by Gasteiger charge is 2.03. The molecule has 0 saturated carbocycles. The van der Waals surface area contributed by atoms with Crippen LogP contribution in [0.1, 0.15) is 13.8 Å². The first-order chi connectivity index (χ1) is 4.46. The van der Waals surface area contributed by atoms with E-state index in [0.29, 0.717) is 5.57 Å². The summed E-state index contributed by atoms with van der Waals surface area (Å²) < 4.78 is 0. The van der Waals surface area contributed by atoms with Crippen molar-refractivity contribution in [1.29, 1.82) is 0 Å². The number of allylic oxidation sites excluding steroid dienone is 1. The largest absolute Gasteiger partial charge is 0.381 e. The van der Waals surface area contributed by atoms with Crippen molar-refractivity contribution in [2.75, 3.05) is 14.1 Å². The fraction of sp³-hybridized carbons (Fsp3) is 0.571. The van der Waals surface area contributed by atoms with Crippen LogP contribution < -0.4 is 5.73 Å². The van der Waals surface area contributed by atoms with Crippen molar-refractivity contribution in [3.05, 3.63) is 11.3 Å². The first-order valence-corrected chi connectivity index (χ1v) is 3.11. The number of nitrogens with zero attached hydrogens (tertiary/aromatic N) is 1. The lowest BCUT2D eigenvalue weighted by Crippen LogP contribution is -2.18. The molecule has 0 radical (unpaired) electrons. The van der Waals surface area contributed by atoms with Crippen molar-refractivity contribution in [3.8, 4) is 0 Å². The first kappa shape index (κ1) is 9.01. The summed E-state index contributed by atoms with van der Waals surface area (Å²) in [5, 5.41) is 0. The monoisotopic (exact) mass is 142 g/mol. The molecule has 3 nitrogen and oxygen atoms in total. The van der Waals surface area contributed by atoms with Crippen LogP contribution in [0.5, 0.6) is 0 Å². The molecule has 0 aromatic carbocycles. The average Bonchev–Trinajstić information content (AvgIpc) is 1.84. The third-order valence-corrected chi connectivity index (χ3v) is 1.58. The predicted molar refractivity (Wildman–Crippen MR) is 41.3 cm³/mol. The van der Waals surface area contributed by atoms with Crippen molar-refractivity contribution in [2.24, 2.45) is 5.73 Å². The van der Waals surface area contributed by atoms with Crippen LogP contribution in [0.4, 0.5) is 0 Å².